The molecule has 7 heteroatoms. The summed E-state index contributed by atoms with van der Waals surface area (Å²) in [6.45, 7) is 1.87. The number of nitrogens with zero attached hydrogens (tertiary/aromatic N) is 2. The van der Waals surface area contributed by atoms with Gasteiger partial charge in [0.25, 0.3) is 0 Å². The molecule has 0 bridgehead atoms. The third-order valence-corrected chi connectivity index (χ3v) is 4.72. The number of aryl methyl sites for hydroxylation is 2. The molecule has 7 nitrogen and oxygen atoms in total. The van der Waals surface area contributed by atoms with Gasteiger partial charge in [0.2, 0.25) is 5.78 Å². The van der Waals surface area contributed by atoms with Crippen LogP contribution in [0.15, 0.2) is 67.0 Å². The minimum Gasteiger partial charge on any atom is -0.345 e. The molecule has 2 aromatic carbocycles. The van der Waals surface area contributed by atoms with E-state index in [1.165, 1.54) is 5.56 Å². The highest BCUT2D eigenvalue weighted by atomic mass is 16.2. The Morgan fingerprint density at radius 1 is 1.00 bits per heavy atom. The fourth-order valence-corrected chi connectivity index (χ4v) is 3.00. The van der Waals surface area contributed by atoms with Gasteiger partial charge < -0.3 is 15.2 Å². The standard InChI is InChI=1S/C23H24N4O3/c1-16(8-9-17-6-4-3-5-7-17)25-22(29)23(30)26-19-12-10-18(11-13-19)20(28)21-24-14-15-27(21)2/h3-7,10-16H,8-9H2,1-2H3,(H,25,29)(H,26,30)/t16-/m1/s1. The van der Waals surface area contributed by atoms with E-state index in [-0.39, 0.29) is 11.8 Å². The van der Waals surface area contributed by atoms with Gasteiger partial charge in [-0.05, 0) is 49.6 Å². The van der Waals surface area contributed by atoms with Crippen molar-refractivity contribution < 1.29 is 14.4 Å². The highest BCUT2D eigenvalue weighted by molar-refractivity contribution is 6.39. The predicted octanol–water partition coefficient (Wildman–Crippen LogP) is 2.73. The highest BCUT2D eigenvalue weighted by Crippen LogP contribution is 2.13. The minimum atomic E-state index is -0.746. The zero-order chi connectivity index (χ0) is 21.5. The lowest BCUT2D eigenvalue weighted by molar-refractivity contribution is -0.136. The molecule has 0 radical (unpaired) electrons. The van der Waals surface area contributed by atoms with Crippen LogP contribution in [0.2, 0.25) is 0 Å². The molecule has 1 heterocycles. The van der Waals surface area contributed by atoms with Gasteiger partial charge >= 0.3 is 11.8 Å². The van der Waals surface area contributed by atoms with Crippen molar-refractivity contribution in [2.45, 2.75) is 25.8 Å². The molecule has 2 amide bonds. The summed E-state index contributed by atoms with van der Waals surface area (Å²) in [6.07, 6.45) is 4.80. The molecule has 0 aliphatic carbocycles. The topological polar surface area (TPSA) is 93.1 Å². The van der Waals surface area contributed by atoms with Crippen molar-refractivity contribution in [2.75, 3.05) is 5.32 Å². The van der Waals surface area contributed by atoms with Gasteiger partial charge in [0.05, 0.1) is 0 Å². The number of nitrogens with one attached hydrogen (secondary N) is 2. The van der Waals surface area contributed by atoms with Crippen LogP contribution in [-0.2, 0) is 23.1 Å². The summed E-state index contributed by atoms with van der Waals surface area (Å²) in [6, 6.07) is 16.2. The molecule has 1 aromatic heterocycles. The van der Waals surface area contributed by atoms with Crippen molar-refractivity contribution in [3.8, 4) is 0 Å². The Hall–Kier alpha value is -3.74. The second-order valence-electron chi connectivity index (χ2n) is 7.12. The van der Waals surface area contributed by atoms with Crippen molar-refractivity contribution in [2.24, 2.45) is 7.05 Å². The Balaban J connectivity index is 1.50. The second-order valence-corrected chi connectivity index (χ2v) is 7.12. The maximum atomic E-state index is 12.4. The number of imidazole rings is 1. The van der Waals surface area contributed by atoms with Gasteiger partial charge in [-0.3, -0.25) is 14.4 Å². The summed E-state index contributed by atoms with van der Waals surface area (Å²) in [5.74, 6) is -1.32. The Kier molecular flexibility index (Phi) is 6.75. The molecule has 0 spiro atoms. The maximum Gasteiger partial charge on any atom is 0.313 e. The summed E-state index contributed by atoms with van der Waals surface area (Å²) in [5, 5.41) is 5.26. The monoisotopic (exact) mass is 404 g/mol. The summed E-state index contributed by atoms with van der Waals surface area (Å²) in [5.41, 5.74) is 2.06. The van der Waals surface area contributed by atoms with Crippen LogP contribution >= 0.6 is 0 Å². The minimum absolute atomic E-state index is 0.138. The van der Waals surface area contributed by atoms with Crippen LogP contribution < -0.4 is 10.6 Å². The van der Waals surface area contributed by atoms with Crippen LogP contribution in [-0.4, -0.2) is 33.2 Å². The third kappa shape index (κ3) is 5.41. The first-order chi connectivity index (χ1) is 14.4. The number of amides is 2. The van der Waals surface area contributed by atoms with Gasteiger partial charge in [-0.15, -0.1) is 0 Å². The molecular formula is C23H24N4O3. The van der Waals surface area contributed by atoms with E-state index in [1.54, 1.807) is 48.3 Å². The van der Waals surface area contributed by atoms with E-state index in [2.05, 4.69) is 15.6 Å². The van der Waals surface area contributed by atoms with Crippen molar-refractivity contribution >= 4 is 23.3 Å². The van der Waals surface area contributed by atoms with E-state index in [4.69, 9.17) is 0 Å². The average Bonchev–Trinajstić information content (AvgIpc) is 3.19. The lowest BCUT2D eigenvalue weighted by Crippen LogP contribution is -2.40. The Morgan fingerprint density at radius 2 is 1.70 bits per heavy atom. The van der Waals surface area contributed by atoms with Gasteiger partial charge in [0.15, 0.2) is 5.82 Å². The molecule has 0 aliphatic heterocycles. The number of hydrogen-bond donors (Lipinski definition) is 2. The van der Waals surface area contributed by atoms with Crippen molar-refractivity contribution in [1.82, 2.24) is 14.9 Å². The molecule has 0 saturated carbocycles. The lowest BCUT2D eigenvalue weighted by Gasteiger charge is -2.14. The Bertz CT molecular complexity index is 1030. The smallest absolute Gasteiger partial charge is 0.313 e. The zero-order valence-electron chi connectivity index (χ0n) is 17.0. The number of carbonyl (C=O) groups is 3. The predicted molar refractivity (Wildman–Crippen MR) is 114 cm³/mol. The van der Waals surface area contributed by atoms with Crippen molar-refractivity contribution in [3.05, 3.63) is 83.9 Å². The number of carbonyl (C=O) groups excluding carboxylic acids is 3. The molecule has 0 unspecified atom stereocenters. The second kappa shape index (κ2) is 9.65. The molecule has 30 heavy (non-hydrogen) atoms. The zero-order valence-corrected chi connectivity index (χ0v) is 17.0. The molecule has 0 fully saturated rings. The van der Waals surface area contributed by atoms with E-state index < -0.39 is 11.8 Å². The average molecular weight is 404 g/mol. The number of hydrogen-bond acceptors (Lipinski definition) is 4. The molecule has 154 valence electrons. The van der Waals surface area contributed by atoms with Crippen LogP contribution in [0.5, 0.6) is 0 Å². The SMILES string of the molecule is C[C@H](CCc1ccccc1)NC(=O)C(=O)Nc1ccc(C(=O)c2nccn2C)cc1. The van der Waals surface area contributed by atoms with E-state index in [1.807, 2.05) is 37.3 Å². The number of rotatable bonds is 7. The number of anilines is 1. The number of aromatic nitrogens is 2. The first kappa shape index (κ1) is 21.0. The molecule has 0 aliphatic rings. The number of ketones is 1. The van der Waals surface area contributed by atoms with Crippen molar-refractivity contribution in [1.29, 1.82) is 0 Å². The van der Waals surface area contributed by atoms with E-state index >= 15 is 0 Å². The number of benzene rings is 2. The molecule has 3 aromatic rings. The van der Waals surface area contributed by atoms with Gasteiger partial charge in [-0.25, -0.2) is 4.98 Å². The van der Waals surface area contributed by atoms with E-state index in [0.29, 0.717) is 17.1 Å². The van der Waals surface area contributed by atoms with Crippen LogP contribution in [0.4, 0.5) is 5.69 Å². The van der Waals surface area contributed by atoms with Crippen LogP contribution in [0.3, 0.4) is 0 Å². The lowest BCUT2D eigenvalue weighted by atomic mass is 10.1. The van der Waals surface area contributed by atoms with Crippen LogP contribution in [0.1, 0.15) is 35.1 Å². The first-order valence-electron chi connectivity index (χ1n) is 9.72. The molecule has 1 atom stereocenters. The van der Waals surface area contributed by atoms with Crippen LogP contribution in [0, 0.1) is 0 Å². The molecular weight excluding hydrogens is 380 g/mol. The summed E-state index contributed by atoms with van der Waals surface area (Å²) in [7, 11) is 1.74. The normalized spacial score (nSPS) is 11.5. The molecule has 0 saturated heterocycles. The van der Waals surface area contributed by atoms with Crippen molar-refractivity contribution in [3.63, 3.8) is 0 Å². The van der Waals surface area contributed by atoms with E-state index in [0.717, 1.165) is 12.8 Å². The van der Waals surface area contributed by atoms with Gasteiger partial charge in [-0.2, -0.15) is 0 Å². The highest BCUT2D eigenvalue weighted by Gasteiger charge is 2.17. The van der Waals surface area contributed by atoms with Crippen LogP contribution in [0.25, 0.3) is 0 Å². The fourth-order valence-electron chi connectivity index (χ4n) is 3.00. The molecule has 2 N–H and O–H groups in total. The summed E-state index contributed by atoms with van der Waals surface area (Å²) >= 11 is 0. The van der Waals surface area contributed by atoms with Gasteiger partial charge in [-0.1, -0.05) is 30.3 Å². The summed E-state index contributed by atoms with van der Waals surface area (Å²) < 4.78 is 1.64. The maximum absolute atomic E-state index is 12.4. The summed E-state index contributed by atoms with van der Waals surface area (Å²) in [4.78, 5) is 40.8. The first-order valence-corrected chi connectivity index (χ1v) is 9.72. The Labute approximate surface area is 175 Å². The molecule has 3 rings (SSSR count). The third-order valence-electron chi connectivity index (χ3n) is 4.72. The van der Waals surface area contributed by atoms with E-state index in [9.17, 15) is 14.4 Å². The Morgan fingerprint density at radius 3 is 2.33 bits per heavy atom. The largest absolute Gasteiger partial charge is 0.345 e. The van der Waals surface area contributed by atoms with Gasteiger partial charge in [0, 0.05) is 36.7 Å². The fraction of sp³-hybridized carbons (Fsp3) is 0.217. The van der Waals surface area contributed by atoms with Gasteiger partial charge in [0.1, 0.15) is 0 Å². The quantitative estimate of drug-likeness (QED) is 0.468.